The monoisotopic (exact) mass is 358 g/mol. The summed E-state index contributed by atoms with van der Waals surface area (Å²) >= 11 is 0. The summed E-state index contributed by atoms with van der Waals surface area (Å²) < 4.78 is 29.9. The van der Waals surface area contributed by atoms with Crippen LogP contribution >= 0.6 is 7.60 Å². The lowest BCUT2D eigenvalue weighted by Gasteiger charge is -2.23. The van der Waals surface area contributed by atoms with Gasteiger partial charge in [-0.15, -0.1) is 0 Å². The second kappa shape index (κ2) is 9.17. The second-order valence-corrected chi connectivity index (χ2v) is 8.61. The summed E-state index contributed by atoms with van der Waals surface area (Å²) in [5.41, 5.74) is 0.149. The minimum Gasteiger partial charge on any atom is -0.497 e. The summed E-state index contributed by atoms with van der Waals surface area (Å²) in [5.74, 6) is 0.904. The van der Waals surface area contributed by atoms with E-state index in [1.807, 2.05) is 0 Å². The first-order chi connectivity index (χ1) is 11.6. The van der Waals surface area contributed by atoms with Crippen molar-refractivity contribution in [2.75, 3.05) is 19.8 Å². The van der Waals surface area contributed by atoms with Gasteiger partial charge in [0.1, 0.15) is 5.66 Å². The maximum Gasteiger partial charge on any atom is 0.345 e. The molecule has 0 aromatic rings. The van der Waals surface area contributed by atoms with Crippen molar-refractivity contribution in [2.24, 2.45) is 5.92 Å². The zero-order valence-electron chi connectivity index (χ0n) is 15.2. The molecule has 0 aromatic carbocycles. The number of fused-ring (bicyclic) bond motifs is 1. The average Bonchev–Trinajstić information content (AvgIpc) is 3.06. The molecule has 1 fully saturated rings. The van der Waals surface area contributed by atoms with E-state index in [0.717, 1.165) is 30.6 Å². The van der Waals surface area contributed by atoms with Crippen LogP contribution in [0.15, 0.2) is 11.3 Å². The lowest BCUT2D eigenvalue weighted by molar-refractivity contribution is -0.117. The minimum absolute atomic E-state index is 0.0213. The maximum absolute atomic E-state index is 13.2. The molecule has 0 N–H and O–H groups in total. The van der Waals surface area contributed by atoms with Crippen molar-refractivity contribution in [3.05, 3.63) is 11.3 Å². The summed E-state index contributed by atoms with van der Waals surface area (Å²) in [6.45, 7) is 6.81. The molecule has 2 aliphatic rings. The zero-order chi connectivity index (χ0) is 17.6. The van der Waals surface area contributed by atoms with Crippen LogP contribution < -0.4 is 0 Å². The molecule has 1 heterocycles. The standard InChI is InChI=1S/C18H31O5P/c1-4-7-8-9-10-11-16-17-14(13-21-16)12-15(19)18(17)24(20,22-5-2)23-6-3/h14,18H,4-13H2,1-3H3. The fourth-order valence-corrected chi connectivity index (χ4v) is 5.92. The van der Waals surface area contributed by atoms with Crippen molar-refractivity contribution in [3.8, 4) is 0 Å². The van der Waals surface area contributed by atoms with Gasteiger partial charge in [-0.05, 0) is 25.8 Å². The lowest BCUT2D eigenvalue weighted by Crippen LogP contribution is -2.20. The van der Waals surface area contributed by atoms with Gasteiger partial charge < -0.3 is 13.8 Å². The van der Waals surface area contributed by atoms with Crippen molar-refractivity contribution in [1.82, 2.24) is 0 Å². The van der Waals surface area contributed by atoms with Crippen LogP contribution in [0.1, 0.15) is 65.7 Å². The van der Waals surface area contributed by atoms with E-state index in [9.17, 15) is 9.36 Å². The van der Waals surface area contributed by atoms with Gasteiger partial charge in [0.05, 0.1) is 25.6 Å². The number of carbonyl (C=O) groups is 1. The van der Waals surface area contributed by atoms with Crippen molar-refractivity contribution in [2.45, 2.75) is 71.4 Å². The molecule has 2 unspecified atom stereocenters. The van der Waals surface area contributed by atoms with Crippen LogP contribution in [0.5, 0.6) is 0 Å². The molecule has 6 heteroatoms. The number of ether oxygens (including phenoxy) is 1. The molecular formula is C18H31O5P. The fourth-order valence-electron chi connectivity index (χ4n) is 3.67. The Bertz CT molecular complexity index is 504. The van der Waals surface area contributed by atoms with Crippen molar-refractivity contribution in [1.29, 1.82) is 0 Å². The number of carbonyl (C=O) groups excluding carboxylic acids is 1. The number of ketones is 1. The highest BCUT2D eigenvalue weighted by atomic mass is 31.2. The molecule has 0 aromatic heterocycles. The number of rotatable bonds is 11. The highest BCUT2D eigenvalue weighted by molar-refractivity contribution is 7.56. The van der Waals surface area contributed by atoms with Crippen LogP contribution in [0, 0.1) is 5.92 Å². The number of unbranched alkanes of at least 4 members (excludes halogenated alkanes) is 4. The number of Topliss-reactive ketones (excluding diaryl/α,β-unsaturated/α-hetero) is 1. The van der Waals surface area contributed by atoms with Crippen LogP contribution in [-0.2, 0) is 23.1 Å². The Morgan fingerprint density at radius 3 is 2.38 bits per heavy atom. The molecule has 0 spiro atoms. The first-order valence-corrected chi connectivity index (χ1v) is 11.0. The molecule has 1 aliphatic carbocycles. The van der Waals surface area contributed by atoms with E-state index in [-0.39, 0.29) is 24.9 Å². The van der Waals surface area contributed by atoms with Crippen LogP contribution in [0.3, 0.4) is 0 Å². The molecule has 0 radical (unpaired) electrons. The third-order valence-corrected chi connectivity index (χ3v) is 7.14. The Balaban J connectivity index is 2.15. The predicted octanol–water partition coefficient (Wildman–Crippen LogP) is 4.85. The summed E-state index contributed by atoms with van der Waals surface area (Å²) in [5, 5.41) is 0. The van der Waals surface area contributed by atoms with Gasteiger partial charge in [-0.3, -0.25) is 9.36 Å². The summed E-state index contributed by atoms with van der Waals surface area (Å²) in [4.78, 5) is 12.5. The minimum atomic E-state index is -3.47. The first kappa shape index (κ1) is 19.7. The Morgan fingerprint density at radius 2 is 1.75 bits per heavy atom. The summed E-state index contributed by atoms with van der Waals surface area (Å²) in [6.07, 6.45) is 7.10. The van der Waals surface area contributed by atoms with Crippen molar-refractivity contribution in [3.63, 3.8) is 0 Å². The van der Waals surface area contributed by atoms with E-state index in [4.69, 9.17) is 13.8 Å². The van der Waals surface area contributed by atoms with Gasteiger partial charge in [0.15, 0.2) is 5.78 Å². The van der Waals surface area contributed by atoms with Gasteiger partial charge in [-0.1, -0.05) is 32.6 Å². The third kappa shape index (κ3) is 4.30. The second-order valence-electron chi connectivity index (χ2n) is 6.50. The number of allylic oxidation sites excluding steroid dienone is 1. The molecular weight excluding hydrogens is 327 g/mol. The molecule has 138 valence electrons. The van der Waals surface area contributed by atoms with E-state index >= 15 is 0 Å². The average molecular weight is 358 g/mol. The van der Waals surface area contributed by atoms with E-state index in [1.165, 1.54) is 19.3 Å². The van der Waals surface area contributed by atoms with Gasteiger partial charge in [0.2, 0.25) is 0 Å². The fraction of sp³-hybridized carbons (Fsp3) is 0.833. The third-order valence-electron chi connectivity index (χ3n) is 4.71. The predicted molar refractivity (Wildman–Crippen MR) is 94.1 cm³/mol. The van der Waals surface area contributed by atoms with Crippen LogP contribution in [0.2, 0.25) is 0 Å². The van der Waals surface area contributed by atoms with Crippen LogP contribution in [0.25, 0.3) is 0 Å². The molecule has 0 bridgehead atoms. The van der Waals surface area contributed by atoms with E-state index in [2.05, 4.69) is 6.92 Å². The van der Waals surface area contributed by atoms with E-state index < -0.39 is 13.3 Å². The molecule has 24 heavy (non-hydrogen) atoms. The van der Waals surface area contributed by atoms with Gasteiger partial charge in [-0.2, -0.15) is 0 Å². The van der Waals surface area contributed by atoms with E-state index in [1.54, 1.807) is 13.8 Å². The summed E-state index contributed by atoms with van der Waals surface area (Å²) in [6, 6.07) is 0. The molecule has 1 saturated carbocycles. The maximum atomic E-state index is 13.2. The van der Waals surface area contributed by atoms with Gasteiger partial charge >= 0.3 is 7.60 Å². The van der Waals surface area contributed by atoms with Gasteiger partial charge in [0.25, 0.3) is 0 Å². The van der Waals surface area contributed by atoms with Crippen molar-refractivity contribution >= 4 is 13.4 Å². The van der Waals surface area contributed by atoms with E-state index in [0.29, 0.717) is 13.0 Å². The highest BCUT2D eigenvalue weighted by Gasteiger charge is 2.53. The number of hydrogen-bond acceptors (Lipinski definition) is 5. The molecule has 1 aliphatic heterocycles. The van der Waals surface area contributed by atoms with Crippen molar-refractivity contribution < 1.29 is 23.1 Å². The summed E-state index contributed by atoms with van der Waals surface area (Å²) in [7, 11) is -3.47. The molecule has 5 nitrogen and oxygen atoms in total. The molecule has 0 amide bonds. The highest BCUT2D eigenvalue weighted by Crippen LogP contribution is 2.61. The van der Waals surface area contributed by atoms with Gasteiger partial charge in [0, 0.05) is 18.8 Å². The normalized spacial score (nSPS) is 23.7. The zero-order valence-corrected chi connectivity index (χ0v) is 16.1. The quantitative estimate of drug-likeness (QED) is 0.390. The smallest absolute Gasteiger partial charge is 0.345 e. The Kier molecular flexibility index (Phi) is 7.52. The molecule has 2 atom stereocenters. The topological polar surface area (TPSA) is 61.8 Å². The Morgan fingerprint density at radius 1 is 1.08 bits per heavy atom. The molecule has 0 saturated heterocycles. The number of hydrogen-bond donors (Lipinski definition) is 0. The van der Waals surface area contributed by atoms with Crippen LogP contribution in [0.4, 0.5) is 0 Å². The van der Waals surface area contributed by atoms with Gasteiger partial charge in [-0.25, -0.2) is 0 Å². The Labute approximate surface area is 145 Å². The SMILES string of the molecule is CCCCCCCC1=C2C(CO1)CC(=O)C2P(=O)(OCC)OCC. The Hall–Kier alpha value is -0.640. The first-order valence-electron chi connectivity index (χ1n) is 9.34. The largest absolute Gasteiger partial charge is 0.497 e. The lowest BCUT2D eigenvalue weighted by atomic mass is 10.0. The van der Waals surface area contributed by atoms with Crippen LogP contribution in [-0.4, -0.2) is 31.3 Å². The molecule has 2 rings (SSSR count).